The Kier molecular flexibility index (Phi) is 43.1. The number of ether oxygens (including phenoxy) is 8. The molecule has 0 spiro atoms. The molecule has 5 atom stereocenters. The van der Waals surface area contributed by atoms with Gasteiger partial charge < -0.3 is 57.5 Å². The highest BCUT2D eigenvalue weighted by Crippen LogP contribution is 2.33. The molecule has 0 N–H and O–H groups in total. The number of piperidine rings is 2. The molecule has 1 unspecified atom stereocenters. The quantitative estimate of drug-likeness (QED) is 0.0204. The number of piperazine rings is 1. The van der Waals surface area contributed by atoms with Crippen molar-refractivity contribution in [1.29, 1.82) is 0 Å². The molecule has 24 nitrogen and oxygen atoms in total. The van der Waals surface area contributed by atoms with Crippen molar-refractivity contribution in [2.45, 2.75) is 219 Å². The molecule has 11 heterocycles. The highest BCUT2D eigenvalue weighted by atomic mass is 19.3. The summed E-state index contributed by atoms with van der Waals surface area (Å²) >= 11 is 0. The lowest BCUT2D eigenvalue weighted by Gasteiger charge is -2.39. The van der Waals surface area contributed by atoms with E-state index >= 15 is 0 Å². The van der Waals surface area contributed by atoms with Crippen molar-refractivity contribution in [1.82, 2.24) is 53.9 Å². The highest BCUT2D eigenvalue weighted by Gasteiger charge is 2.40. The van der Waals surface area contributed by atoms with E-state index < -0.39 is 17.4 Å². The first kappa shape index (κ1) is 107. The average Bonchev–Trinajstić information content (AvgIpc) is 1.08. The fourth-order valence-electron chi connectivity index (χ4n) is 20.7. The van der Waals surface area contributed by atoms with Crippen molar-refractivity contribution in [3.05, 3.63) is 149 Å². The minimum Gasteiger partial charge on any atom is -0.494 e. The van der Waals surface area contributed by atoms with Crippen LogP contribution in [0.15, 0.2) is 121 Å². The molecule has 0 radical (unpaired) electrons. The molecule has 136 heavy (non-hydrogen) atoms. The maximum atomic E-state index is 13.5. The van der Waals surface area contributed by atoms with Crippen molar-refractivity contribution >= 4 is 28.9 Å². The Balaban J connectivity index is 0.000000153. The predicted molar refractivity (Wildman–Crippen MR) is 528 cm³/mol. The third kappa shape index (κ3) is 35.4. The number of alkyl halides is 4. The molecule has 11 aliphatic heterocycles. The topological polar surface area (TPSA) is 195 Å². The van der Waals surface area contributed by atoms with Gasteiger partial charge >= 0.3 is 0 Å². The van der Waals surface area contributed by atoms with Crippen LogP contribution in [0.5, 0.6) is 28.7 Å². The number of halogens is 4. The van der Waals surface area contributed by atoms with E-state index in [-0.39, 0.29) is 67.4 Å². The maximum absolute atomic E-state index is 13.5. The Morgan fingerprint density at radius 1 is 0.375 bits per heavy atom. The van der Waals surface area contributed by atoms with Crippen LogP contribution in [-0.2, 0) is 14.2 Å². The summed E-state index contributed by atoms with van der Waals surface area (Å²) in [5.41, 5.74) is 3.30. The largest absolute Gasteiger partial charge is 0.494 e. The van der Waals surface area contributed by atoms with Crippen molar-refractivity contribution in [2.24, 2.45) is 5.41 Å². The average molecular weight is 1900 g/mol. The van der Waals surface area contributed by atoms with Gasteiger partial charge in [0.1, 0.15) is 28.7 Å². The standard InChI is InChI=1S/C23H36N2O2.C22H33N3O3.C22H34N2O3.C21H30F2N2O2.C20H28F2N2O3/c1-19-7-4-14-25(19)15-6-16-27-21-10-8-20(9-11-21)22(26)17-24-13-5-12-23(2,3)18-24;26-22(18-24-12-15-27-16-13-24)19-4-6-21(7-5-19)28-14-2-8-23-10-11-25-9-1-3-20(25)17-23;1-18-6-4-11-23(18)12-5-15-27-20-9-7-19(8-10-20)21(25)22(2,3)24-13-16-26-17-14-24;1-17-5-2-12-25(17)13-4-14-27-19-8-6-18(7-9-19)20(26)15-24-11-3-10-21(22,23)16-24;1-16(24-10-13-26-14-11-24)19(25)17-3-5-18(6-4-17)27-12-2-8-23-9-7-20(21,22)15-23/h8-11,19H,4-7,12-18H2,1-3H3;4-7,20H,1-3,8-18H2;7-10,18H,4-6,11-17H2,1-3H3;6-9,17H,2-5,10-16H2,1H3;3-6,16H,2,7-15H2,1H3/t19-;20-;18-;17-;/m1011./s1. The van der Waals surface area contributed by atoms with Crippen LogP contribution in [0.1, 0.15) is 223 Å². The van der Waals surface area contributed by atoms with Gasteiger partial charge in [-0.3, -0.25) is 58.3 Å². The molecule has 11 aliphatic rings. The lowest BCUT2D eigenvalue weighted by atomic mass is 9.84. The van der Waals surface area contributed by atoms with Crippen LogP contribution in [0, 0.1) is 5.41 Å². The fraction of sp³-hybridized carbons (Fsp3) is 0.676. The molecule has 16 rings (SSSR count). The smallest absolute Gasteiger partial charge is 0.261 e. The second kappa shape index (κ2) is 54.6. The number of ketones is 5. The van der Waals surface area contributed by atoms with E-state index in [1.165, 1.54) is 110 Å². The summed E-state index contributed by atoms with van der Waals surface area (Å²) in [4.78, 5) is 87.9. The normalized spacial score (nSPS) is 23.0. The SMILES string of the molecule is CC(C(=O)c1ccc(OCCCN2CCC(F)(F)C2)cc1)N1CCOCC1.C[C@@H]1CCCN1CCCOc1ccc(C(=O)C(C)(C)N2CCOCC2)cc1.C[C@@H]1CCCN1CCCOc1ccc(C(=O)CN2CCCC(C)(C)C2)cc1.C[C@@H]1CCCN1CCCOc1ccc(C(=O)CN2CCCC(F)(F)C2)cc1.O=C(CN1CCOCC1)c1ccc(OCCCN2CCN3CCC[C@H]3C2)cc1. The number of benzene rings is 5. The van der Waals surface area contributed by atoms with Gasteiger partial charge in [-0.1, -0.05) is 13.8 Å². The van der Waals surface area contributed by atoms with Gasteiger partial charge in [-0.15, -0.1) is 0 Å². The summed E-state index contributed by atoms with van der Waals surface area (Å²) in [7, 11) is 0. The summed E-state index contributed by atoms with van der Waals surface area (Å²) in [6.07, 6.45) is 18.1. The summed E-state index contributed by atoms with van der Waals surface area (Å²) < 4.78 is 98.3. The van der Waals surface area contributed by atoms with Crippen LogP contribution >= 0.6 is 0 Å². The highest BCUT2D eigenvalue weighted by molar-refractivity contribution is 6.03. The molecule has 11 fully saturated rings. The van der Waals surface area contributed by atoms with E-state index in [1.807, 2.05) is 93.6 Å². The molecule has 28 heteroatoms. The Bertz CT molecular complexity index is 4260. The molecule has 0 saturated carbocycles. The summed E-state index contributed by atoms with van der Waals surface area (Å²) in [6.45, 7) is 46.9. The zero-order valence-electron chi connectivity index (χ0n) is 83.3. The van der Waals surface area contributed by atoms with E-state index in [9.17, 15) is 41.5 Å². The number of carbonyl (C=O) groups is 5. The lowest BCUT2D eigenvalue weighted by molar-refractivity contribution is -0.0615. The van der Waals surface area contributed by atoms with Crippen LogP contribution in [0.3, 0.4) is 0 Å². The zero-order chi connectivity index (χ0) is 96.3. The Morgan fingerprint density at radius 3 is 1.15 bits per heavy atom. The van der Waals surface area contributed by atoms with Crippen molar-refractivity contribution in [2.75, 3.05) is 249 Å². The van der Waals surface area contributed by atoms with Crippen LogP contribution in [0.25, 0.3) is 0 Å². The van der Waals surface area contributed by atoms with Crippen molar-refractivity contribution < 1.29 is 79.4 Å². The van der Waals surface area contributed by atoms with E-state index in [0.29, 0.717) is 120 Å². The Hall–Kier alpha value is -7.39. The number of Topliss-reactive ketones (excluding diaryl/α,β-unsaturated/α-hetero) is 5. The van der Waals surface area contributed by atoms with E-state index in [4.69, 9.17) is 37.9 Å². The second-order valence-electron chi connectivity index (χ2n) is 40.7. The summed E-state index contributed by atoms with van der Waals surface area (Å²) in [6, 6.07) is 39.9. The molecule has 0 amide bonds. The first-order valence-electron chi connectivity index (χ1n) is 51.5. The van der Waals surface area contributed by atoms with Crippen LogP contribution in [-0.4, -0.2) is 380 Å². The number of morpholine rings is 3. The first-order valence-corrected chi connectivity index (χ1v) is 51.5. The molecular formula is C108H161F4N11O13. The number of carbonyl (C=O) groups excluding carboxylic acids is 5. The van der Waals surface area contributed by atoms with E-state index in [2.05, 4.69) is 78.7 Å². The van der Waals surface area contributed by atoms with Gasteiger partial charge in [0.2, 0.25) is 0 Å². The third-order valence-corrected chi connectivity index (χ3v) is 29.1. The molecule has 11 saturated heterocycles. The first-order chi connectivity index (χ1) is 65.6. The van der Waals surface area contributed by atoms with Gasteiger partial charge in [-0.25, -0.2) is 17.6 Å². The van der Waals surface area contributed by atoms with Crippen molar-refractivity contribution in [3.63, 3.8) is 0 Å². The van der Waals surface area contributed by atoms with Gasteiger partial charge in [0, 0.05) is 170 Å². The number of fused-ring (bicyclic) bond motifs is 1. The molecule has 5 aromatic carbocycles. The van der Waals surface area contributed by atoms with Crippen LogP contribution < -0.4 is 23.7 Å². The number of hydrogen-bond acceptors (Lipinski definition) is 24. The summed E-state index contributed by atoms with van der Waals surface area (Å²) in [5.74, 6) is -0.733. The summed E-state index contributed by atoms with van der Waals surface area (Å²) in [5, 5.41) is 0. The maximum Gasteiger partial charge on any atom is 0.261 e. The van der Waals surface area contributed by atoms with Gasteiger partial charge in [0.05, 0.1) is 117 Å². The van der Waals surface area contributed by atoms with E-state index in [0.717, 1.165) is 189 Å². The lowest BCUT2D eigenvalue weighted by Crippen LogP contribution is -2.54. The monoisotopic (exact) mass is 1900 g/mol. The van der Waals surface area contributed by atoms with E-state index in [1.54, 1.807) is 58.3 Å². The molecule has 5 aromatic rings. The number of hydrogen-bond donors (Lipinski definition) is 0. The predicted octanol–water partition coefficient (Wildman–Crippen LogP) is 15.8. The second-order valence-corrected chi connectivity index (χ2v) is 40.7. The minimum atomic E-state index is -2.68. The number of nitrogens with zero attached hydrogens (tertiary/aromatic N) is 11. The minimum absolute atomic E-state index is 0.0454. The fourth-order valence-corrected chi connectivity index (χ4v) is 20.7. The van der Waals surface area contributed by atoms with Gasteiger partial charge in [0.15, 0.2) is 28.9 Å². The zero-order valence-corrected chi connectivity index (χ0v) is 83.3. The molecular weight excluding hydrogens is 1740 g/mol. The molecule has 0 bridgehead atoms. The van der Waals surface area contributed by atoms with Gasteiger partial charge in [0.25, 0.3) is 11.8 Å². The van der Waals surface area contributed by atoms with Gasteiger partial charge in [-0.05, 0) is 310 Å². The molecule has 0 aromatic heterocycles. The molecule has 754 valence electrons. The van der Waals surface area contributed by atoms with Gasteiger partial charge in [-0.2, -0.15) is 0 Å². The number of likely N-dealkylation sites (tertiary alicyclic amines) is 6. The van der Waals surface area contributed by atoms with Crippen LogP contribution in [0.2, 0.25) is 0 Å². The Labute approximate surface area is 809 Å². The molecule has 0 aliphatic carbocycles. The number of rotatable bonds is 40. The van der Waals surface area contributed by atoms with Crippen LogP contribution in [0.4, 0.5) is 17.6 Å². The Morgan fingerprint density at radius 2 is 0.743 bits per heavy atom. The van der Waals surface area contributed by atoms with Crippen molar-refractivity contribution in [3.8, 4) is 28.7 Å². The third-order valence-electron chi connectivity index (χ3n) is 29.1.